The van der Waals surface area contributed by atoms with Crippen LogP contribution in [0.1, 0.15) is 118 Å². The summed E-state index contributed by atoms with van der Waals surface area (Å²) in [4.78, 5) is 128. The van der Waals surface area contributed by atoms with Crippen LogP contribution >= 0.6 is 23.4 Å². The van der Waals surface area contributed by atoms with Gasteiger partial charge in [0.15, 0.2) is 5.72 Å². The van der Waals surface area contributed by atoms with E-state index in [1.54, 1.807) is 45.2 Å². The maximum absolute atomic E-state index is 14.4. The number of imide groups is 2. The van der Waals surface area contributed by atoms with E-state index in [0.29, 0.717) is 48.6 Å². The number of ether oxygens (including phenoxy) is 5. The number of nitrogens with one attached hydrogen (secondary N) is 1. The molecule has 21 nitrogen and oxygen atoms in total. The van der Waals surface area contributed by atoms with Crippen molar-refractivity contribution in [2.75, 3.05) is 39.8 Å². The van der Waals surface area contributed by atoms with E-state index in [-0.39, 0.29) is 67.8 Å². The highest BCUT2D eigenvalue weighted by molar-refractivity contribution is 8.02. The molecular weight excluding hydrogens is 1040 g/mol. The number of esters is 1. The van der Waals surface area contributed by atoms with Crippen LogP contribution in [0.5, 0.6) is 5.75 Å². The quantitative estimate of drug-likeness (QED) is 0.135. The molecule has 1 unspecified atom stereocenters. The van der Waals surface area contributed by atoms with Crippen molar-refractivity contribution in [3.05, 3.63) is 46.5 Å². The normalized spacial score (nSPS) is 31.6. The molecule has 6 aliphatic rings. The second-order valence-electron chi connectivity index (χ2n) is 22.0. The van der Waals surface area contributed by atoms with Gasteiger partial charge in [0.2, 0.25) is 23.6 Å². The Bertz CT molecular complexity index is 2570. The molecule has 5 aliphatic heterocycles. The predicted octanol–water partition coefficient (Wildman–Crippen LogP) is 5.35. The Balaban J connectivity index is 0.990. The first kappa shape index (κ1) is 59.1. The molecule has 7 amide bonds. The van der Waals surface area contributed by atoms with Gasteiger partial charge in [-0.3, -0.25) is 39.0 Å². The fourth-order valence-corrected chi connectivity index (χ4v) is 12.6. The van der Waals surface area contributed by atoms with Crippen LogP contribution in [-0.2, 0) is 68.6 Å². The van der Waals surface area contributed by atoms with Crippen molar-refractivity contribution in [1.82, 2.24) is 20.2 Å². The lowest BCUT2D eigenvalue weighted by Gasteiger charge is -2.42. The highest BCUT2D eigenvalue weighted by atomic mass is 35.5. The van der Waals surface area contributed by atoms with Crippen molar-refractivity contribution < 1.29 is 76.8 Å². The van der Waals surface area contributed by atoms with E-state index >= 15 is 0 Å². The van der Waals surface area contributed by atoms with Crippen LogP contribution in [0.2, 0.25) is 5.02 Å². The van der Waals surface area contributed by atoms with Gasteiger partial charge in [-0.2, -0.15) is 0 Å². The lowest BCUT2D eigenvalue weighted by Crippen LogP contribution is -2.63. The zero-order valence-electron chi connectivity index (χ0n) is 45.4. The topological polar surface area (TPSA) is 258 Å². The Morgan fingerprint density at radius 2 is 1.69 bits per heavy atom. The number of nitrogens with zero attached hydrogens (tertiary/aromatic N) is 4. The van der Waals surface area contributed by atoms with Crippen LogP contribution in [0.25, 0.3) is 0 Å². The number of epoxide rings is 1. The molecule has 0 radical (unpaired) electrons. The molecule has 5 heterocycles. The number of likely N-dealkylation sites (tertiary alicyclic amines) is 1. The van der Waals surface area contributed by atoms with E-state index in [1.807, 2.05) is 26.8 Å². The van der Waals surface area contributed by atoms with Gasteiger partial charge in [0.1, 0.15) is 40.7 Å². The average Bonchev–Trinajstić information content (AvgIpc) is 3.99. The maximum Gasteiger partial charge on any atom is 0.409 e. The molecule has 4 saturated heterocycles. The molecule has 0 spiro atoms. The summed E-state index contributed by atoms with van der Waals surface area (Å²) < 4.78 is 28.9. The molecule has 422 valence electrons. The Hall–Kier alpha value is -5.55. The highest BCUT2D eigenvalue weighted by Crippen LogP contribution is 2.49. The lowest BCUT2D eigenvalue weighted by molar-refractivity contribution is -0.201. The van der Waals surface area contributed by atoms with Gasteiger partial charge < -0.3 is 43.4 Å². The third kappa shape index (κ3) is 13.3. The van der Waals surface area contributed by atoms with Gasteiger partial charge in [0.05, 0.1) is 36.5 Å². The first-order valence-electron chi connectivity index (χ1n) is 26.1. The molecule has 2 N–H and O–H groups in total. The minimum atomic E-state index is -1.89. The van der Waals surface area contributed by atoms with Crippen LogP contribution in [-0.4, -0.2) is 160 Å². The van der Waals surface area contributed by atoms with E-state index < -0.39 is 112 Å². The minimum absolute atomic E-state index is 0.00150. The summed E-state index contributed by atoms with van der Waals surface area (Å²) in [5, 5.41) is 14.4. The summed E-state index contributed by atoms with van der Waals surface area (Å²) in [6.45, 7) is 10.8. The Morgan fingerprint density at radius 1 is 1.01 bits per heavy atom. The van der Waals surface area contributed by atoms with Crippen molar-refractivity contribution in [3.63, 3.8) is 0 Å². The Labute approximate surface area is 457 Å². The van der Waals surface area contributed by atoms with Gasteiger partial charge in [-0.15, -0.1) is 16.8 Å². The second-order valence-corrected chi connectivity index (χ2v) is 24.3. The van der Waals surface area contributed by atoms with Gasteiger partial charge in [-0.25, -0.2) is 14.4 Å². The number of hydrogen-bond donors (Lipinski definition) is 2. The number of thioether (sulfide) groups is 1. The summed E-state index contributed by atoms with van der Waals surface area (Å²) in [7, 11) is 5.89. The maximum atomic E-state index is 14.4. The molecule has 5 fully saturated rings. The first-order chi connectivity index (χ1) is 36.2. The zero-order valence-corrected chi connectivity index (χ0v) is 47.0. The number of benzene rings is 1. The van der Waals surface area contributed by atoms with E-state index in [4.69, 9.17) is 40.1 Å². The molecule has 4 bridgehead atoms. The van der Waals surface area contributed by atoms with Crippen LogP contribution in [0, 0.1) is 17.8 Å². The second kappa shape index (κ2) is 23.8. The Morgan fingerprint density at radius 3 is 2.34 bits per heavy atom. The number of fused-ring (bicyclic) bond motifs is 5. The number of hydrogen-bond acceptors (Lipinski definition) is 17. The zero-order chi connectivity index (χ0) is 56.5. The third-order valence-electron chi connectivity index (χ3n) is 15.9. The van der Waals surface area contributed by atoms with E-state index in [2.05, 4.69) is 5.32 Å². The van der Waals surface area contributed by atoms with Crippen molar-refractivity contribution in [3.8, 4) is 5.75 Å². The summed E-state index contributed by atoms with van der Waals surface area (Å²) >= 11 is 8.14. The summed E-state index contributed by atoms with van der Waals surface area (Å²) in [6.07, 6.45) is 2.52. The predicted molar refractivity (Wildman–Crippen MR) is 280 cm³/mol. The van der Waals surface area contributed by atoms with E-state index in [0.717, 1.165) is 11.1 Å². The standard InChI is InChI=1S/C54H72ClN5O16S/c1-29-12-11-13-39(72-10)54(70)27-37(73-51(69)56-54)30(2)47-53(6,75-47)40(26-44(64)58(8)35-23-33(22-29)24-36(71-9)46(35)55)74-49(67)31(3)57(7)41(61)20-21-52(4,5)77-38-25-45(65)59(48(38)66)28-32-14-16-34(17-15-32)50(68)76-60-42(62)18-19-43(60)63/h11-13,23-24,30-32,34,37-40,47,70H,14-22,25-28H2,1-10H3,(H,56,69)/b13-11-,29-12-/t30-,31+,32?,34?,37+,38?,39-,40+,47+,53+,54+/m1/s1. The minimum Gasteiger partial charge on any atom is -0.495 e. The summed E-state index contributed by atoms with van der Waals surface area (Å²) in [6, 6.07) is 2.39. The smallest absolute Gasteiger partial charge is 0.409 e. The first-order valence-corrected chi connectivity index (χ1v) is 27.4. The van der Waals surface area contributed by atoms with E-state index in [9.17, 15) is 48.3 Å². The number of carbonyl (C=O) groups is 9. The number of anilines is 1. The molecule has 1 aromatic rings. The van der Waals surface area contributed by atoms with Gasteiger partial charge >= 0.3 is 18.0 Å². The third-order valence-corrected chi connectivity index (χ3v) is 17.8. The van der Waals surface area contributed by atoms with Crippen LogP contribution in [0.4, 0.5) is 10.5 Å². The molecule has 77 heavy (non-hydrogen) atoms. The number of methoxy groups -OCH3 is 2. The largest absolute Gasteiger partial charge is 0.495 e. The molecule has 23 heteroatoms. The average molecular weight is 1110 g/mol. The summed E-state index contributed by atoms with van der Waals surface area (Å²) in [5.41, 5.74) is -1.21. The number of likely N-dealkylation sites (N-methyl/N-ethyl adjacent to an activating group) is 1. The van der Waals surface area contributed by atoms with Gasteiger partial charge in [-0.05, 0) is 82.9 Å². The van der Waals surface area contributed by atoms with Crippen molar-refractivity contribution in [2.45, 2.75) is 170 Å². The van der Waals surface area contributed by atoms with Crippen molar-refractivity contribution in [1.29, 1.82) is 0 Å². The van der Waals surface area contributed by atoms with Crippen molar-refractivity contribution in [2.24, 2.45) is 17.8 Å². The molecule has 0 aromatic heterocycles. The Kier molecular flexibility index (Phi) is 18.3. The number of allylic oxidation sites excluding steroid dienone is 3. The number of amides is 7. The van der Waals surface area contributed by atoms with Gasteiger partial charge in [0.25, 0.3) is 11.8 Å². The number of hydroxylamine groups is 2. The molecule has 1 aliphatic carbocycles. The number of aliphatic hydroxyl groups is 1. The molecule has 1 saturated carbocycles. The SMILES string of the molecule is COc1cc2cc(c1Cl)N(C)C(=O)C[C@H](OC(=O)[C@H](C)N(C)C(=O)CCC(C)(C)SC1CC(=O)N(CC3CCC(C(=O)ON4C(=O)CCC4=O)CC3)C1=O)[C@]1(C)O[C@H]1[C@H](C)[C@@H]1C[C@@](O)(NC(=O)O1)[C@H](OC)/C=C\C=C(\C)C2. The molecule has 1 aromatic carbocycles. The number of halogens is 1. The number of alkyl carbamates (subject to hydrolysis) is 1. The molecular formula is C54H72ClN5O16S. The van der Waals surface area contributed by atoms with E-state index in [1.165, 1.54) is 54.7 Å². The fourth-order valence-electron chi connectivity index (χ4n) is 10.8. The highest BCUT2D eigenvalue weighted by Gasteiger charge is 2.64. The monoisotopic (exact) mass is 1110 g/mol. The van der Waals surface area contributed by atoms with Crippen LogP contribution in [0.3, 0.4) is 0 Å². The number of rotatable bonds is 14. The van der Waals surface area contributed by atoms with Crippen LogP contribution < -0.4 is 15.0 Å². The summed E-state index contributed by atoms with van der Waals surface area (Å²) in [5.74, 6) is -4.90. The molecule has 7 rings (SSSR count). The van der Waals surface area contributed by atoms with Crippen molar-refractivity contribution >= 4 is 82.5 Å². The number of carbonyl (C=O) groups excluding carboxylic acids is 9. The fraction of sp³-hybridized carbons (Fsp3) is 0.648. The lowest BCUT2D eigenvalue weighted by atomic mass is 9.82. The van der Waals surface area contributed by atoms with Gasteiger partial charge in [0, 0.05) is 70.5 Å². The van der Waals surface area contributed by atoms with Crippen LogP contribution in [0.15, 0.2) is 35.9 Å². The van der Waals surface area contributed by atoms with Gasteiger partial charge in [-0.1, -0.05) is 56.2 Å². The molecule has 9 atom stereocenters.